The van der Waals surface area contributed by atoms with E-state index in [1.165, 1.54) is 17.4 Å². The fourth-order valence-corrected chi connectivity index (χ4v) is 6.75. The van der Waals surface area contributed by atoms with Gasteiger partial charge in [0.25, 0.3) is 0 Å². The number of fused-ring (bicyclic) bond motifs is 2. The molecule has 1 saturated heterocycles. The largest absolute Gasteiger partial charge is 0.344 e. The number of hydrogen-bond donors (Lipinski definition) is 1. The summed E-state index contributed by atoms with van der Waals surface area (Å²) in [5.74, 6) is 0.505. The first-order valence-electron chi connectivity index (χ1n) is 12.0. The van der Waals surface area contributed by atoms with Gasteiger partial charge in [-0.05, 0) is 37.8 Å². The standard InChI is InChI=1S/C24H33N7O2S2/c1-14(2)19-20(18-12-31-22(25-13-26-31)17(5)16(18)4)27-23-21(19)28-24(34-23)30-8-7-29(11-15(30)3)9-10-35(6,32)33/h12-15,27H,7-11H2,1-6H3/t15-/m0/s1. The van der Waals surface area contributed by atoms with Crippen LogP contribution in [0.25, 0.3) is 27.3 Å². The van der Waals surface area contributed by atoms with Crippen LogP contribution in [0, 0.1) is 13.8 Å². The highest BCUT2D eigenvalue weighted by Crippen LogP contribution is 2.41. The molecule has 0 bridgehead atoms. The molecule has 0 unspecified atom stereocenters. The fourth-order valence-electron chi connectivity index (χ4n) is 5.04. The first-order valence-corrected chi connectivity index (χ1v) is 14.9. The monoisotopic (exact) mass is 515 g/mol. The highest BCUT2D eigenvalue weighted by molar-refractivity contribution is 7.90. The zero-order valence-electron chi connectivity index (χ0n) is 21.2. The van der Waals surface area contributed by atoms with Gasteiger partial charge in [0, 0.05) is 55.8 Å². The van der Waals surface area contributed by atoms with E-state index in [-0.39, 0.29) is 11.8 Å². The number of thiazole rings is 1. The SMILES string of the molecule is Cc1c(-c2[nH]c3sc(N4CCN(CCS(C)(=O)=O)C[C@@H]4C)nc3c2C(C)C)cn2ncnc2c1C. The normalized spacial score (nSPS) is 17.9. The third-order valence-electron chi connectivity index (χ3n) is 7.09. The molecule has 5 heterocycles. The molecule has 0 aliphatic carbocycles. The van der Waals surface area contributed by atoms with Gasteiger partial charge in [-0.2, -0.15) is 5.10 Å². The lowest BCUT2D eigenvalue weighted by Gasteiger charge is -2.39. The van der Waals surface area contributed by atoms with Gasteiger partial charge in [-0.25, -0.2) is 22.9 Å². The summed E-state index contributed by atoms with van der Waals surface area (Å²) in [6.07, 6.45) is 4.96. The molecule has 1 fully saturated rings. The molecule has 0 saturated carbocycles. The molecule has 0 radical (unpaired) electrons. The second-order valence-electron chi connectivity index (χ2n) is 10.0. The molecule has 4 aromatic heterocycles. The predicted octanol–water partition coefficient (Wildman–Crippen LogP) is 3.63. The van der Waals surface area contributed by atoms with Gasteiger partial charge >= 0.3 is 0 Å². The minimum absolute atomic E-state index is 0.208. The van der Waals surface area contributed by atoms with Gasteiger partial charge < -0.3 is 9.88 Å². The number of sulfone groups is 1. The molecular weight excluding hydrogens is 482 g/mol. The summed E-state index contributed by atoms with van der Waals surface area (Å²) in [4.78, 5) is 18.9. The maximum absolute atomic E-state index is 11.6. The van der Waals surface area contributed by atoms with Crippen molar-refractivity contribution in [2.75, 3.05) is 43.1 Å². The van der Waals surface area contributed by atoms with Crippen molar-refractivity contribution >= 4 is 42.3 Å². The van der Waals surface area contributed by atoms with Crippen molar-refractivity contribution in [1.82, 2.24) is 29.5 Å². The van der Waals surface area contributed by atoms with Crippen molar-refractivity contribution in [2.24, 2.45) is 0 Å². The van der Waals surface area contributed by atoms with E-state index in [1.54, 1.807) is 17.7 Å². The molecule has 188 valence electrons. The summed E-state index contributed by atoms with van der Waals surface area (Å²) in [6.45, 7) is 14.0. The van der Waals surface area contributed by atoms with E-state index >= 15 is 0 Å². The molecule has 0 spiro atoms. The van der Waals surface area contributed by atoms with Crippen LogP contribution in [-0.4, -0.2) is 82.1 Å². The van der Waals surface area contributed by atoms with Gasteiger partial charge in [0.2, 0.25) is 0 Å². The number of anilines is 1. The molecule has 11 heteroatoms. The lowest BCUT2D eigenvalue weighted by atomic mass is 9.96. The van der Waals surface area contributed by atoms with Crippen molar-refractivity contribution in [3.8, 4) is 11.3 Å². The van der Waals surface area contributed by atoms with Crippen LogP contribution in [-0.2, 0) is 9.84 Å². The van der Waals surface area contributed by atoms with Crippen LogP contribution >= 0.6 is 11.3 Å². The van der Waals surface area contributed by atoms with Crippen molar-refractivity contribution in [2.45, 2.75) is 46.6 Å². The number of nitrogens with one attached hydrogen (secondary N) is 1. The van der Waals surface area contributed by atoms with Crippen LogP contribution in [0.3, 0.4) is 0 Å². The second-order valence-corrected chi connectivity index (χ2v) is 13.3. The Morgan fingerprint density at radius 1 is 1.23 bits per heavy atom. The zero-order valence-corrected chi connectivity index (χ0v) is 22.8. The number of piperazine rings is 1. The molecule has 1 N–H and O–H groups in total. The number of nitrogens with zero attached hydrogens (tertiary/aromatic N) is 6. The number of hydrogen-bond acceptors (Lipinski definition) is 8. The second kappa shape index (κ2) is 8.86. The average molecular weight is 516 g/mol. The number of aromatic amines is 1. The van der Waals surface area contributed by atoms with E-state index in [1.807, 2.05) is 4.52 Å². The van der Waals surface area contributed by atoms with E-state index in [2.05, 4.69) is 65.7 Å². The van der Waals surface area contributed by atoms with Gasteiger partial charge in [0.15, 0.2) is 10.8 Å². The first kappa shape index (κ1) is 24.2. The summed E-state index contributed by atoms with van der Waals surface area (Å²) in [7, 11) is -2.95. The Kier molecular flexibility index (Phi) is 6.13. The maximum atomic E-state index is 11.6. The highest BCUT2D eigenvalue weighted by atomic mass is 32.2. The zero-order chi connectivity index (χ0) is 25.1. The van der Waals surface area contributed by atoms with E-state index in [9.17, 15) is 8.42 Å². The lowest BCUT2D eigenvalue weighted by Crippen LogP contribution is -2.52. The van der Waals surface area contributed by atoms with E-state index < -0.39 is 9.84 Å². The van der Waals surface area contributed by atoms with Crippen LogP contribution in [0.5, 0.6) is 0 Å². The Morgan fingerprint density at radius 2 is 2.00 bits per heavy atom. The maximum Gasteiger partial charge on any atom is 0.188 e. The Hall–Kier alpha value is -2.50. The summed E-state index contributed by atoms with van der Waals surface area (Å²) in [5, 5.41) is 5.40. The number of aromatic nitrogens is 5. The Labute approximate surface area is 210 Å². The van der Waals surface area contributed by atoms with Crippen molar-refractivity contribution in [3.63, 3.8) is 0 Å². The van der Waals surface area contributed by atoms with Gasteiger partial charge in [-0.15, -0.1) is 0 Å². The third-order valence-corrected chi connectivity index (χ3v) is 9.02. The summed E-state index contributed by atoms with van der Waals surface area (Å²) in [5.41, 5.74) is 7.71. The summed E-state index contributed by atoms with van der Waals surface area (Å²) >= 11 is 1.70. The molecule has 4 aromatic rings. The van der Waals surface area contributed by atoms with Crippen molar-refractivity contribution in [3.05, 3.63) is 29.2 Å². The van der Waals surface area contributed by atoms with Gasteiger partial charge in [0.1, 0.15) is 26.5 Å². The van der Waals surface area contributed by atoms with Crippen LogP contribution in [0.1, 0.15) is 43.4 Å². The molecule has 0 aromatic carbocycles. The number of H-pyrrole nitrogens is 1. The quantitative estimate of drug-likeness (QED) is 0.419. The smallest absolute Gasteiger partial charge is 0.188 e. The minimum atomic E-state index is -2.95. The van der Waals surface area contributed by atoms with Crippen LogP contribution < -0.4 is 4.90 Å². The Morgan fingerprint density at radius 3 is 2.69 bits per heavy atom. The number of aryl methyl sites for hydroxylation is 1. The highest BCUT2D eigenvalue weighted by Gasteiger charge is 2.29. The van der Waals surface area contributed by atoms with Crippen LogP contribution in [0.2, 0.25) is 0 Å². The molecule has 5 rings (SSSR count). The first-order chi connectivity index (χ1) is 16.5. The topological polar surface area (TPSA) is 99.5 Å². The summed E-state index contributed by atoms with van der Waals surface area (Å²) in [6, 6.07) is 0.264. The molecule has 1 aliphatic rings. The predicted molar refractivity (Wildman–Crippen MR) is 142 cm³/mol. The lowest BCUT2D eigenvalue weighted by molar-refractivity contribution is 0.240. The Bertz CT molecular complexity index is 1500. The molecule has 1 atom stereocenters. The molecule has 0 amide bonds. The molecule has 35 heavy (non-hydrogen) atoms. The van der Waals surface area contributed by atoms with E-state index in [0.29, 0.717) is 12.5 Å². The summed E-state index contributed by atoms with van der Waals surface area (Å²) < 4.78 is 25.0. The van der Waals surface area contributed by atoms with E-state index in [0.717, 1.165) is 57.6 Å². The van der Waals surface area contributed by atoms with Gasteiger partial charge in [-0.3, -0.25) is 4.90 Å². The van der Waals surface area contributed by atoms with Crippen LogP contribution in [0.4, 0.5) is 5.13 Å². The average Bonchev–Trinajstić information content (AvgIpc) is 3.48. The Balaban J connectivity index is 1.47. The van der Waals surface area contributed by atoms with Crippen molar-refractivity contribution in [1.29, 1.82) is 0 Å². The van der Waals surface area contributed by atoms with Crippen molar-refractivity contribution < 1.29 is 8.42 Å². The molecule has 1 aliphatic heterocycles. The third kappa shape index (κ3) is 4.45. The van der Waals surface area contributed by atoms with Crippen LogP contribution in [0.15, 0.2) is 12.5 Å². The minimum Gasteiger partial charge on any atom is -0.344 e. The molecule has 9 nitrogen and oxygen atoms in total. The van der Waals surface area contributed by atoms with E-state index in [4.69, 9.17) is 4.98 Å². The van der Waals surface area contributed by atoms with Gasteiger partial charge in [-0.1, -0.05) is 25.2 Å². The molecular formula is C24H33N7O2S2. The van der Waals surface area contributed by atoms with Gasteiger partial charge in [0.05, 0.1) is 11.4 Å². The number of rotatable bonds is 6. The number of pyridine rings is 1. The fraction of sp³-hybridized carbons (Fsp3) is 0.542.